The molecule has 0 aromatic heterocycles. The molecule has 3 rings (SSSR count). The first-order chi connectivity index (χ1) is 11.3. The molecule has 132 valence electrons. The van der Waals surface area contributed by atoms with Gasteiger partial charge in [-0.15, -0.1) is 0 Å². The lowest BCUT2D eigenvalue weighted by atomic mass is 9.78. The van der Waals surface area contributed by atoms with Crippen LogP contribution in [-0.2, 0) is 4.74 Å². The maximum Gasteiger partial charge on any atom is 0.410 e. The highest BCUT2D eigenvalue weighted by Gasteiger charge is 2.42. The summed E-state index contributed by atoms with van der Waals surface area (Å²) in [7, 11) is 0. The Hall–Kier alpha value is -1.91. The Kier molecular flexibility index (Phi) is 4.37. The molecule has 5 nitrogen and oxygen atoms in total. The number of rotatable bonds is 1. The lowest BCUT2D eigenvalue weighted by molar-refractivity contribution is 0.0122. The van der Waals surface area contributed by atoms with Crippen LogP contribution in [0.5, 0.6) is 5.75 Å². The quantitative estimate of drug-likeness (QED) is 0.853. The van der Waals surface area contributed by atoms with Crippen LogP contribution < -0.4 is 4.90 Å². The van der Waals surface area contributed by atoms with Crippen LogP contribution in [0.4, 0.5) is 10.5 Å². The minimum Gasteiger partial charge on any atom is -0.508 e. The van der Waals surface area contributed by atoms with E-state index in [4.69, 9.17) is 4.74 Å². The first kappa shape index (κ1) is 16.9. The number of hydrogen-bond donors (Lipinski definition) is 1. The van der Waals surface area contributed by atoms with E-state index in [0.717, 1.165) is 45.4 Å². The normalized spacial score (nSPS) is 20.5. The predicted octanol–water partition coefficient (Wildman–Crippen LogP) is 3.62. The summed E-state index contributed by atoms with van der Waals surface area (Å²) >= 11 is 0. The average molecular weight is 332 g/mol. The number of benzene rings is 1. The summed E-state index contributed by atoms with van der Waals surface area (Å²) in [4.78, 5) is 16.4. The Morgan fingerprint density at radius 3 is 2.25 bits per heavy atom. The van der Waals surface area contributed by atoms with Gasteiger partial charge in [-0.05, 0) is 69.7 Å². The van der Waals surface area contributed by atoms with Crippen molar-refractivity contribution >= 4 is 11.8 Å². The van der Waals surface area contributed by atoms with Gasteiger partial charge >= 0.3 is 6.09 Å². The number of anilines is 1. The fourth-order valence-electron chi connectivity index (χ4n) is 3.72. The number of piperidine rings is 1. The van der Waals surface area contributed by atoms with E-state index in [0.29, 0.717) is 11.2 Å². The van der Waals surface area contributed by atoms with Crippen LogP contribution in [0.15, 0.2) is 24.3 Å². The Morgan fingerprint density at radius 1 is 1.08 bits per heavy atom. The Labute approximate surface area is 144 Å². The van der Waals surface area contributed by atoms with Crippen molar-refractivity contribution in [3.05, 3.63) is 24.3 Å². The highest BCUT2D eigenvalue weighted by Crippen LogP contribution is 2.42. The maximum absolute atomic E-state index is 12.2. The van der Waals surface area contributed by atoms with Gasteiger partial charge in [-0.25, -0.2) is 4.79 Å². The number of aromatic hydroxyl groups is 1. The van der Waals surface area contributed by atoms with Gasteiger partial charge in [-0.1, -0.05) is 0 Å². The summed E-state index contributed by atoms with van der Waals surface area (Å²) in [6.07, 6.45) is 3.03. The molecule has 1 aromatic carbocycles. The Morgan fingerprint density at radius 2 is 1.67 bits per heavy atom. The van der Waals surface area contributed by atoms with E-state index in [-0.39, 0.29) is 6.09 Å². The topological polar surface area (TPSA) is 53.0 Å². The molecule has 0 unspecified atom stereocenters. The summed E-state index contributed by atoms with van der Waals surface area (Å²) in [5.74, 6) is 0.304. The zero-order valence-corrected chi connectivity index (χ0v) is 14.9. The van der Waals surface area contributed by atoms with E-state index in [1.165, 1.54) is 5.69 Å². The molecule has 1 N–H and O–H groups in total. The predicted molar refractivity (Wildman–Crippen MR) is 94.4 cm³/mol. The van der Waals surface area contributed by atoms with E-state index >= 15 is 0 Å². The molecular formula is C19H28N2O3. The van der Waals surface area contributed by atoms with Crippen molar-refractivity contribution < 1.29 is 14.6 Å². The number of carbonyl (C=O) groups excluding carboxylic acids is 1. The average Bonchev–Trinajstić information content (AvgIpc) is 2.91. The number of hydrogen-bond acceptors (Lipinski definition) is 4. The molecule has 2 aliphatic rings. The summed E-state index contributed by atoms with van der Waals surface area (Å²) < 4.78 is 5.48. The van der Waals surface area contributed by atoms with Crippen LogP contribution in [0.2, 0.25) is 0 Å². The fourth-order valence-corrected chi connectivity index (χ4v) is 3.72. The molecule has 0 radical (unpaired) electrons. The molecule has 2 saturated heterocycles. The zero-order chi connectivity index (χ0) is 17.4. The second-order valence-electron chi connectivity index (χ2n) is 8.16. The van der Waals surface area contributed by atoms with E-state index in [1.54, 1.807) is 12.1 Å². The second-order valence-corrected chi connectivity index (χ2v) is 8.16. The number of amides is 1. The maximum atomic E-state index is 12.2. The molecule has 1 spiro atoms. The Bertz CT molecular complexity index is 584. The third-order valence-electron chi connectivity index (χ3n) is 5.13. The molecule has 0 atom stereocenters. The van der Waals surface area contributed by atoms with Crippen molar-refractivity contribution in [2.24, 2.45) is 5.41 Å². The number of carbonyl (C=O) groups is 1. The lowest BCUT2D eigenvalue weighted by Crippen LogP contribution is -2.46. The zero-order valence-electron chi connectivity index (χ0n) is 14.9. The highest BCUT2D eigenvalue weighted by atomic mass is 16.6. The van der Waals surface area contributed by atoms with Crippen molar-refractivity contribution in [1.29, 1.82) is 0 Å². The minimum atomic E-state index is -0.435. The first-order valence-electron chi connectivity index (χ1n) is 8.78. The molecule has 1 amide bonds. The van der Waals surface area contributed by atoms with Crippen LogP contribution in [0.3, 0.4) is 0 Å². The molecule has 2 aliphatic heterocycles. The van der Waals surface area contributed by atoms with Gasteiger partial charge in [0.1, 0.15) is 11.4 Å². The Balaban J connectivity index is 1.56. The van der Waals surface area contributed by atoms with E-state index in [1.807, 2.05) is 37.8 Å². The van der Waals surface area contributed by atoms with Gasteiger partial charge in [0.25, 0.3) is 0 Å². The SMILES string of the molecule is CC(C)(C)OC(=O)N1CCC2(CC1)CCN(c1ccc(O)cc1)C2. The third-order valence-corrected chi connectivity index (χ3v) is 5.13. The molecule has 5 heteroatoms. The van der Waals surface area contributed by atoms with Crippen LogP contribution in [-0.4, -0.2) is 47.9 Å². The van der Waals surface area contributed by atoms with Gasteiger partial charge in [0.15, 0.2) is 0 Å². The molecule has 1 aromatic rings. The smallest absolute Gasteiger partial charge is 0.410 e. The van der Waals surface area contributed by atoms with Crippen molar-refractivity contribution in [2.45, 2.75) is 45.6 Å². The summed E-state index contributed by atoms with van der Waals surface area (Å²) in [6, 6.07) is 7.44. The molecule has 0 saturated carbocycles. The molecule has 2 heterocycles. The highest BCUT2D eigenvalue weighted by molar-refractivity contribution is 5.68. The number of nitrogens with zero attached hydrogens (tertiary/aromatic N) is 2. The number of phenols is 1. The number of phenolic OH excluding ortho intramolecular Hbond substituents is 1. The van der Waals surface area contributed by atoms with Gasteiger partial charge in [0, 0.05) is 31.9 Å². The standard InChI is InChI=1S/C19H28N2O3/c1-18(2,3)24-17(23)20-11-8-19(9-12-20)10-13-21(14-19)15-4-6-16(22)7-5-15/h4-7,22H,8-14H2,1-3H3. The summed E-state index contributed by atoms with van der Waals surface area (Å²) in [6.45, 7) is 9.34. The summed E-state index contributed by atoms with van der Waals surface area (Å²) in [5.41, 5.74) is 1.03. The molecule has 2 fully saturated rings. The van der Waals surface area contributed by atoms with Gasteiger partial charge in [0.05, 0.1) is 0 Å². The number of likely N-dealkylation sites (tertiary alicyclic amines) is 1. The van der Waals surface area contributed by atoms with Crippen molar-refractivity contribution in [1.82, 2.24) is 4.90 Å². The first-order valence-corrected chi connectivity index (χ1v) is 8.78. The van der Waals surface area contributed by atoms with Crippen molar-refractivity contribution in [3.8, 4) is 5.75 Å². The van der Waals surface area contributed by atoms with Crippen LogP contribution in [0.1, 0.15) is 40.0 Å². The van der Waals surface area contributed by atoms with Crippen LogP contribution in [0, 0.1) is 5.41 Å². The fraction of sp³-hybridized carbons (Fsp3) is 0.632. The van der Waals surface area contributed by atoms with Crippen molar-refractivity contribution in [2.75, 3.05) is 31.1 Å². The number of ether oxygens (including phenoxy) is 1. The van der Waals surface area contributed by atoms with E-state index < -0.39 is 5.60 Å². The molecule has 0 bridgehead atoms. The van der Waals surface area contributed by atoms with E-state index in [9.17, 15) is 9.90 Å². The van der Waals surface area contributed by atoms with Gasteiger partial charge in [0.2, 0.25) is 0 Å². The molecule has 24 heavy (non-hydrogen) atoms. The van der Waals surface area contributed by atoms with Crippen molar-refractivity contribution in [3.63, 3.8) is 0 Å². The van der Waals surface area contributed by atoms with E-state index in [2.05, 4.69) is 4.90 Å². The lowest BCUT2D eigenvalue weighted by Gasteiger charge is -2.39. The van der Waals surface area contributed by atoms with Crippen LogP contribution >= 0.6 is 0 Å². The largest absolute Gasteiger partial charge is 0.508 e. The minimum absolute atomic E-state index is 0.189. The van der Waals surface area contributed by atoms with Gasteiger partial charge in [-0.3, -0.25) is 0 Å². The van der Waals surface area contributed by atoms with Gasteiger partial charge in [-0.2, -0.15) is 0 Å². The molecule has 0 aliphatic carbocycles. The van der Waals surface area contributed by atoms with Crippen LogP contribution in [0.25, 0.3) is 0 Å². The van der Waals surface area contributed by atoms with Gasteiger partial charge < -0.3 is 19.6 Å². The third kappa shape index (κ3) is 3.77. The summed E-state index contributed by atoms with van der Waals surface area (Å²) in [5, 5.41) is 9.44. The second kappa shape index (κ2) is 6.19. The monoisotopic (exact) mass is 332 g/mol. The molecular weight excluding hydrogens is 304 g/mol.